The first-order valence-electron chi connectivity index (χ1n) is 5.55. The highest BCUT2D eigenvalue weighted by Crippen LogP contribution is 2.57. The van der Waals surface area contributed by atoms with Crippen LogP contribution in [0.1, 0.15) is 31.9 Å². The normalized spacial score (nSPS) is 23.9. The minimum Gasteiger partial charge on any atom is -0.494 e. The molecule has 1 aromatic rings. The van der Waals surface area contributed by atoms with Crippen LogP contribution in [0.2, 0.25) is 0 Å². The molecule has 16 heavy (non-hydrogen) atoms. The third-order valence-corrected chi connectivity index (χ3v) is 3.60. The van der Waals surface area contributed by atoms with Crippen molar-refractivity contribution in [3.05, 3.63) is 29.6 Å². The van der Waals surface area contributed by atoms with Crippen molar-refractivity contribution in [3.8, 4) is 5.75 Å². The van der Waals surface area contributed by atoms with Crippen molar-refractivity contribution in [2.45, 2.75) is 26.3 Å². The maximum absolute atomic E-state index is 14.0. The van der Waals surface area contributed by atoms with Gasteiger partial charge < -0.3 is 10.5 Å². The van der Waals surface area contributed by atoms with Gasteiger partial charge in [-0.15, -0.1) is 0 Å². The summed E-state index contributed by atoms with van der Waals surface area (Å²) in [5, 5.41) is 0. The maximum Gasteiger partial charge on any atom is 0.169 e. The fourth-order valence-electron chi connectivity index (χ4n) is 2.28. The van der Waals surface area contributed by atoms with Crippen molar-refractivity contribution in [2.24, 2.45) is 17.1 Å². The number of methoxy groups -OCH3 is 1. The lowest BCUT2D eigenvalue weighted by atomic mass is 9.97. The monoisotopic (exact) mass is 223 g/mol. The fraction of sp³-hybridized carbons (Fsp3) is 0.538. The summed E-state index contributed by atoms with van der Waals surface area (Å²) in [4.78, 5) is 0. The second kappa shape index (κ2) is 3.74. The molecule has 0 spiro atoms. The quantitative estimate of drug-likeness (QED) is 0.855. The summed E-state index contributed by atoms with van der Waals surface area (Å²) in [6.45, 7) is 4.32. The Bertz CT molecular complexity index is 403. The molecule has 0 aromatic heterocycles. The van der Waals surface area contributed by atoms with E-state index in [0.29, 0.717) is 11.5 Å². The van der Waals surface area contributed by atoms with Gasteiger partial charge in [0.05, 0.1) is 7.11 Å². The standard InChI is InChI=1S/C13H18FNO/c1-13(2)7-9(13)12(15)8-5-4-6-10(16-3)11(8)14/h4-6,9,12H,7,15H2,1-3H3. The van der Waals surface area contributed by atoms with Gasteiger partial charge in [0.15, 0.2) is 11.6 Å². The molecule has 0 amide bonds. The zero-order chi connectivity index (χ0) is 11.9. The maximum atomic E-state index is 14.0. The van der Waals surface area contributed by atoms with Crippen LogP contribution in [-0.4, -0.2) is 7.11 Å². The minimum atomic E-state index is -0.319. The molecule has 0 saturated heterocycles. The topological polar surface area (TPSA) is 35.2 Å². The molecule has 1 fully saturated rings. The summed E-state index contributed by atoms with van der Waals surface area (Å²) in [6, 6.07) is 4.91. The van der Waals surface area contributed by atoms with Crippen LogP contribution in [0.3, 0.4) is 0 Å². The third-order valence-electron chi connectivity index (χ3n) is 3.60. The van der Waals surface area contributed by atoms with Crippen LogP contribution in [-0.2, 0) is 0 Å². The molecule has 2 unspecified atom stereocenters. The zero-order valence-electron chi connectivity index (χ0n) is 9.96. The lowest BCUT2D eigenvalue weighted by Crippen LogP contribution is -2.17. The van der Waals surface area contributed by atoms with E-state index in [4.69, 9.17) is 10.5 Å². The Morgan fingerprint density at radius 3 is 2.62 bits per heavy atom. The van der Waals surface area contributed by atoms with Crippen molar-refractivity contribution >= 4 is 0 Å². The third kappa shape index (κ3) is 1.80. The molecule has 2 N–H and O–H groups in total. The molecule has 1 saturated carbocycles. The fourth-order valence-corrected chi connectivity index (χ4v) is 2.28. The average molecular weight is 223 g/mol. The Kier molecular flexibility index (Phi) is 2.66. The molecule has 2 atom stereocenters. The molecule has 1 aromatic carbocycles. The molecule has 0 aliphatic heterocycles. The van der Waals surface area contributed by atoms with Crippen molar-refractivity contribution in [3.63, 3.8) is 0 Å². The molecular weight excluding hydrogens is 205 g/mol. The zero-order valence-corrected chi connectivity index (χ0v) is 9.96. The first-order valence-corrected chi connectivity index (χ1v) is 5.55. The predicted octanol–water partition coefficient (Wildman–Crippen LogP) is 2.88. The Morgan fingerprint density at radius 2 is 2.12 bits per heavy atom. The van der Waals surface area contributed by atoms with Crippen molar-refractivity contribution in [1.82, 2.24) is 0 Å². The van der Waals surface area contributed by atoms with E-state index in [1.165, 1.54) is 7.11 Å². The summed E-state index contributed by atoms with van der Waals surface area (Å²) in [6.07, 6.45) is 1.06. The lowest BCUT2D eigenvalue weighted by Gasteiger charge is -2.16. The molecule has 1 aliphatic rings. The Balaban J connectivity index is 2.27. The van der Waals surface area contributed by atoms with Gasteiger partial charge in [-0.05, 0) is 23.8 Å². The SMILES string of the molecule is COc1cccc(C(N)C2CC2(C)C)c1F. The predicted molar refractivity (Wildman–Crippen MR) is 61.8 cm³/mol. The van der Waals surface area contributed by atoms with Gasteiger partial charge in [-0.25, -0.2) is 4.39 Å². The number of hydrogen-bond acceptors (Lipinski definition) is 2. The van der Waals surface area contributed by atoms with Gasteiger partial charge in [-0.1, -0.05) is 26.0 Å². The number of ether oxygens (including phenoxy) is 1. The van der Waals surface area contributed by atoms with E-state index in [0.717, 1.165) is 6.42 Å². The van der Waals surface area contributed by atoms with Crippen LogP contribution < -0.4 is 10.5 Å². The summed E-state index contributed by atoms with van der Waals surface area (Å²) < 4.78 is 18.9. The molecular formula is C13H18FNO. The second-order valence-electron chi connectivity index (χ2n) is 5.19. The van der Waals surface area contributed by atoms with Crippen LogP contribution in [0, 0.1) is 17.2 Å². The van der Waals surface area contributed by atoms with Gasteiger partial charge in [-0.3, -0.25) is 0 Å². The number of halogens is 1. The van der Waals surface area contributed by atoms with Crippen LogP contribution >= 0.6 is 0 Å². The molecule has 2 nitrogen and oxygen atoms in total. The van der Waals surface area contributed by atoms with E-state index in [1.54, 1.807) is 18.2 Å². The number of hydrogen-bond donors (Lipinski definition) is 1. The van der Waals surface area contributed by atoms with E-state index in [9.17, 15) is 4.39 Å². The Morgan fingerprint density at radius 1 is 1.50 bits per heavy atom. The van der Waals surface area contributed by atoms with E-state index in [-0.39, 0.29) is 23.0 Å². The van der Waals surface area contributed by atoms with E-state index >= 15 is 0 Å². The molecule has 2 rings (SSSR count). The molecule has 3 heteroatoms. The highest BCUT2D eigenvalue weighted by molar-refractivity contribution is 5.34. The molecule has 0 bridgehead atoms. The smallest absolute Gasteiger partial charge is 0.169 e. The van der Waals surface area contributed by atoms with Gasteiger partial charge in [-0.2, -0.15) is 0 Å². The average Bonchev–Trinajstić information content (AvgIpc) is 2.87. The number of rotatable bonds is 3. The molecule has 88 valence electrons. The summed E-state index contributed by atoms with van der Waals surface area (Å²) in [7, 11) is 1.47. The van der Waals surface area contributed by atoms with Gasteiger partial charge in [0.25, 0.3) is 0 Å². The van der Waals surface area contributed by atoms with Gasteiger partial charge >= 0.3 is 0 Å². The van der Waals surface area contributed by atoms with E-state index in [1.807, 2.05) is 0 Å². The van der Waals surface area contributed by atoms with Crippen LogP contribution in [0.25, 0.3) is 0 Å². The summed E-state index contributed by atoms with van der Waals surface area (Å²) >= 11 is 0. The Hall–Kier alpha value is -1.09. The number of benzene rings is 1. The lowest BCUT2D eigenvalue weighted by molar-refractivity contribution is 0.378. The highest BCUT2D eigenvalue weighted by atomic mass is 19.1. The minimum absolute atomic E-state index is 0.231. The molecule has 0 radical (unpaired) electrons. The first kappa shape index (κ1) is 11.4. The first-order chi connectivity index (χ1) is 7.47. The van der Waals surface area contributed by atoms with E-state index < -0.39 is 0 Å². The van der Waals surface area contributed by atoms with Gasteiger partial charge in [0, 0.05) is 11.6 Å². The van der Waals surface area contributed by atoms with E-state index in [2.05, 4.69) is 13.8 Å². The molecule has 1 aliphatic carbocycles. The van der Waals surface area contributed by atoms with Crippen LogP contribution in [0.15, 0.2) is 18.2 Å². The largest absolute Gasteiger partial charge is 0.494 e. The van der Waals surface area contributed by atoms with Crippen LogP contribution in [0.5, 0.6) is 5.75 Å². The van der Waals surface area contributed by atoms with Crippen molar-refractivity contribution < 1.29 is 9.13 Å². The van der Waals surface area contributed by atoms with Gasteiger partial charge in [0.1, 0.15) is 0 Å². The number of nitrogens with two attached hydrogens (primary N) is 1. The van der Waals surface area contributed by atoms with Crippen molar-refractivity contribution in [1.29, 1.82) is 0 Å². The van der Waals surface area contributed by atoms with Gasteiger partial charge in [0.2, 0.25) is 0 Å². The summed E-state index contributed by atoms with van der Waals surface area (Å²) in [5.41, 5.74) is 6.91. The van der Waals surface area contributed by atoms with Crippen LogP contribution in [0.4, 0.5) is 4.39 Å². The second-order valence-corrected chi connectivity index (χ2v) is 5.19. The molecule has 0 heterocycles. The Labute approximate surface area is 95.6 Å². The highest BCUT2D eigenvalue weighted by Gasteiger charge is 2.49. The van der Waals surface area contributed by atoms with Crippen molar-refractivity contribution in [2.75, 3.05) is 7.11 Å². The summed E-state index contributed by atoms with van der Waals surface area (Å²) in [5.74, 6) is 0.320.